The third kappa shape index (κ3) is 23.2. The Morgan fingerprint density at radius 2 is 0.914 bits per heavy atom. The molecule has 0 radical (unpaired) electrons. The van der Waals surface area contributed by atoms with E-state index in [1.165, 1.54) is 11.4 Å². The summed E-state index contributed by atoms with van der Waals surface area (Å²) < 4.78 is 11.9. The van der Waals surface area contributed by atoms with Gasteiger partial charge in [-0.3, -0.25) is 0 Å². The van der Waals surface area contributed by atoms with Gasteiger partial charge >= 0.3 is 35.6 Å². The van der Waals surface area contributed by atoms with Crippen molar-refractivity contribution in [2.24, 2.45) is 0 Å². The summed E-state index contributed by atoms with van der Waals surface area (Å²) in [6.45, 7) is 33.6. The van der Waals surface area contributed by atoms with Gasteiger partial charge in [0.25, 0.3) is 0 Å². The summed E-state index contributed by atoms with van der Waals surface area (Å²) in [4.78, 5) is 0. The number of aryl methyl sites for hydroxylation is 2. The second kappa shape index (κ2) is 16.3. The van der Waals surface area contributed by atoms with E-state index in [9.17, 15) is 0 Å². The molecule has 196 valence electrons. The SMILES string of the molecule is C[Si](C)(C)[N-][Si](C)(C)C.C[Si](C)(C)[N-][Si](C)(C)C.Cc1ccc(C)n1CC[N-]c1ccccc1.[La+3]. The quantitative estimate of drug-likeness (QED) is 0.251. The zero-order chi connectivity index (χ0) is 26.8. The Labute approximate surface area is 250 Å². The van der Waals surface area contributed by atoms with E-state index in [0.29, 0.717) is 0 Å². The van der Waals surface area contributed by atoms with Gasteiger partial charge in [0.1, 0.15) is 0 Å². The van der Waals surface area contributed by atoms with Crippen LogP contribution in [0.25, 0.3) is 14.6 Å². The van der Waals surface area contributed by atoms with Crippen molar-refractivity contribution in [1.29, 1.82) is 0 Å². The summed E-state index contributed by atoms with van der Waals surface area (Å²) in [5.74, 6) is 0. The van der Waals surface area contributed by atoms with Gasteiger partial charge in [0.05, 0.1) is 0 Å². The second-order valence-electron chi connectivity index (χ2n) is 12.9. The number of nitrogens with zero attached hydrogens (tertiary/aromatic N) is 4. The van der Waals surface area contributed by atoms with Crippen LogP contribution in [0.3, 0.4) is 0 Å². The van der Waals surface area contributed by atoms with Gasteiger partial charge in [-0.15, -0.1) is 12.2 Å². The minimum atomic E-state index is -1.11. The molecule has 35 heavy (non-hydrogen) atoms. The van der Waals surface area contributed by atoms with Crippen molar-refractivity contribution < 1.29 is 35.6 Å². The predicted molar refractivity (Wildman–Crippen MR) is 168 cm³/mol. The first-order valence-corrected chi connectivity index (χ1v) is 26.3. The van der Waals surface area contributed by atoms with Gasteiger partial charge in [-0.05, 0) is 26.0 Å². The fourth-order valence-electron chi connectivity index (χ4n) is 3.88. The van der Waals surface area contributed by atoms with Gasteiger partial charge in [-0.2, -0.15) is 0 Å². The van der Waals surface area contributed by atoms with E-state index in [1.54, 1.807) is 0 Å². The van der Waals surface area contributed by atoms with E-state index < -0.39 is 32.9 Å². The van der Waals surface area contributed by atoms with E-state index in [2.05, 4.69) is 114 Å². The Balaban J connectivity index is 0. The molecule has 0 spiro atoms. The molecule has 9 heteroatoms. The van der Waals surface area contributed by atoms with E-state index in [-0.39, 0.29) is 35.6 Å². The summed E-state index contributed by atoms with van der Waals surface area (Å²) in [6.07, 6.45) is 0. The molecule has 1 heterocycles. The van der Waals surface area contributed by atoms with Gasteiger partial charge < -0.3 is 19.2 Å². The normalized spacial score (nSPS) is 11.9. The molecule has 0 amide bonds. The summed E-state index contributed by atoms with van der Waals surface area (Å²) in [7, 11) is -4.42. The Hall–Kier alpha value is 0.282. The van der Waals surface area contributed by atoms with Gasteiger partial charge in [0.15, 0.2) is 0 Å². The standard InChI is InChI=1S/C14H17N2.2C6H18NSi2.La/c1-12-8-9-13(2)16(12)11-10-15-14-6-4-3-5-7-14;2*1-8(2,3)7-9(4,5)6;/h3-9H,10-11H2,1-2H3;2*1-6H3;/q3*-1;+3. The molecule has 2 rings (SSSR count). The molecule has 1 aromatic carbocycles. The molecule has 0 aliphatic carbocycles. The average Bonchev–Trinajstić information content (AvgIpc) is 2.89. The maximum atomic E-state index is 4.82. The molecule has 1 aromatic heterocycles. The van der Waals surface area contributed by atoms with Gasteiger partial charge in [0.2, 0.25) is 0 Å². The number of para-hydroxylation sites is 1. The van der Waals surface area contributed by atoms with Crippen molar-refractivity contribution in [3.63, 3.8) is 0 Å². The summed E-state index contributed by atoms with van der Waals surface area (Å²) in [5, 5.41) is 4.54. The van der Waals surface area contributed by atoms with Crippen molar-refractivity contribution >= 4 is 38.6 Å². The largest absolute Gasteiger partial charge is 3.00 e. The van der Waals surface area contributed by atoms with Crippen LogP contribution in [-0.2, 0) is 6.54 Å². The van der Waals surface area contributed by atoms with Crippen molar-refractivity contribution in [1.82, 2.24) is 4.57 Å². The Morgan fingerprint density at radius 1 is 0.571 bits per heavy atom. The first kappa shape index (κ1) is 37.4. The fourth-order valence-corrected chi connectivity index (χ4v) is 20.0. The molecule has 0 N–H and O–H groups in total. The molecule has 4 nitrogen and oxygen atoms in total. The minimum absolute atomic E-state index is 0. The van der Waals surface area contributed by atoms with Crippen LogP contribution < -0.4 is 0 Å². The van der Waals surface area contributed by atoms with Crippen molar-refractivity contribution in [3.8, 4) is 0 Å². The van der Waals surface area contributed by atoms with Gasteiger partial charge in [-0.1, -0.05) is 142 Å². The van der Waals surface area contributed by atoms with Crippen LogP contribution in [0.5, 0.6) is 0 Å². The zero-order valence-corrected chi connectivity index (χ0v) is 32.9. The van der Waals surface area contributed by atoms with Crippen LogP contribution in [0.4, 0.5) is 5.69 Å². The van der Waals surface area contributed by atoms with E-state index >= 15 is 0 Å². The number of benzene rings is 1. The maximum absolute atomic E-state index is 4.82. The fraction of sp³-hybridized carbons (Fsp3) is 0.615. The first-order chi connectivity index (χ1) is 15.2. The first-order valence-electron chi connectivity index (χ1n) is 12.5. The molecule has 0 unspecified atom stereocenters. The zero-order valence-electron chi connectivity index (χ0n) is 25.3. The van der Waals surface area contributed by atoms with Gasteiger partial charge in [0, 0.05) is 17.9 Å². The van der Waals surface area contributed by atoms with Crippen LogP contribution in [0, 0.1) is 49.4 Å². The van der Waals surface area contributed by atoms with Crippen LogP contribution in [0.1, 0.15) is 11.4 Å². The molecule has 0 bridgehead atoms. The molecular formula is C26H53LaN4Si4. The molecule has 0 aliphatic heterocycles. The number of hydrogen-bond donors (Lipinski definition) is 0. The number of rotatable bonds is 8. The number of hydrogen-bond acceptors (Lipinski definition) is 0. The summed E-state index contributed by atoms with van der Waals surface area (Å²) in [6, 6.07) is 14.4. The van der Waals surface area contributed by atoms with Crippen molar-refractivity contribution in [2.75, 3.05) is 6.54 Å². The predicted octanol–water partition coefficient (Wildman–Crippen LogP) is 9.87. The summed E-state index contributed by atoms with van der Waals surface area (Å²) in [5.41, 5.74) is 3.67. The molecule has 0 fully saturated rings. The Bertz CT molecular complexity index is 746. The molecule has 0 atom stereocenters. The van der Waals surface area contributed by atoms with E-state index in [0.717, 1.165) is 18.8 Å². The van der Waals surface area contributed by atoms with Crippen LogP contribution in [-0.4, -0.2) is 44.1 Å². The maximum Gasteiger partial charge on any atom is 3.00 e. The van der Waals surface area contributed by atoms with Crippen molar-refractivity contribution in [3.05, 3.63) is 68.5 Å². The summed E-state index contributed by atoms with van der Waals surface area (Å²) >= 11 is 0. The topological polar surface area (TPSA) is 47.2 Å². The molecular weight excluding hydrogens is 620 g/mol. The molecule has 0 saturated heterocycles. The third-order valence-corrected chi connectivity index (χ3v) is 14.9. The average molecular weight is 673 g/mol. The van der Waals surface area contributed by atoms with Crippen LogP contribution in [0.15, 0.2) is 42.5 Å². The number of aromatic nitrogens is 1. The van der Waals surface area contributed by atoms with Gasteiger partial charge in [-0.25, -0.2) is 0 Å². The monoisotopic (exact) mass is 672 g/mol. The van der Waals surface area contributed by atoms with Crippen LogP contribution >= 0.6 is 0 Å². The Morgan fingerprint density at radius 3 is 1.20 bits per heavy atom. The van der Waals surface area contributed by atoms with E-state index in [4.69, 9.17) is 9.30 Å². The third-order valence-electron chi connectivity index (χ3n) is 4.13. The molecule has 0 aliphatic rings. The van der Waals surface area contributed by atoms with E-state index in [1.807, 2.05) is 30.3 Å². The molecule has 2 aromatic rings. The smallest absolute Gasteiger partial charge is 0.683 e. The second-order valence-corrected chi connectivity index (χ2v) is 32.0. The molecule has 0 saturated carbocycles. The van der Waals surface area contributed by atoms with Crippen LogP contribution in [0.2, 0.25) is 78.6 Å². The Kier molecular flexibility index (Phi) is 17.4. The van der Waals surface area contributed by atoms with Crippen molar-refractivity contribution in [2.45, 2.75) is 99.0 Å². The minimum Gasteiger partial charge on any atom is -0.683 e.